The Labute approximate surface area is 87.8 Å². The molecule has 0 bridgehead atoms. The van der Waals surface area contributed by atoms with Crippen LogP contribution in [0.5, 0.6) is 5.75 Å². The van der Waals surface area contributed by atoms with Gasteiger partial charge in [-0.15, -0.1) is 0 Å². The van der Waals surface area contributed by atoms with Crippen molar-refractivity contribution in [1.29, 1.82) is 0 Å². The molecule has 0 fully saturated rings. The molecule has 0 aromatic heterocycles. The molecular formula is C10H13ClFNO. The minimum Gasteiger partial charge on any atom is -0.489 e. The van der Waals surface area contributed by atoms with Crippen molar-refractivity contribution in [2.75, 3.05) is 5.73 Å². The van der Waals surface area contributed by atoms with Crippen LogP contribution in [0.25, 0.3) is 0 Å². The van der Waals surface area contributed by atoms with Crippen molar-refractivity contribution in [3.63, 3.8) is 0 Å². The molecule has 0 saturated heterocycles. The summed E-state index contributed by atoms with van der Waals surface area (Å²) in [6.45, 7) is 3.90. The number of halogens is 2. The zero-order valence-corrected chi connectivity index (χ0v) is 8.94. The van der Waals surface area contributed by atoms with Crippen LogP contribution in [0.1, 0.15) is 20.3 Å². The van der Waals surface area contributed by atoms with E-state index in [1.807, 2.05) is 13.8 Å². The highest BCUT2D eigenvalue weighted by Crippen LogP contribution is 2.29. The van der Waals surface area contributed by atoms with Gasteiger partial charge in [-0.2, -0.15) is 0 Å². The molecule has 4 heteroatoms. The standard InChI is InChI=1S/C10H13ClFNO/c1-3-6(2)14-10-5-9(13)8(12)4-7(10)11/h4-6H,3,13H2,1-2H3. The molecule has 0 aliphatic rings. The fourth-order valence-electron chi connectivity index (χ4n) is 0.935. The largest absolute Gasteiger partial charge is 0.489 e. The second-order valence-corrected chi connectivity index (χ2v) is 3.55. The molecule has 1 aromatic carbocycles. The van der Waals surface area contributed by atoms with Gasteiger partial charge in [-0.1, -0.05) is 18.5 Å². The lowest BCUT2D eigenvalue weighted by molar-refractivity contribution is 0.217. The van der Waals surface area contributed by atoms with Crippen LogP contribution in [-0.2, 0) is 0 Å². The lowest BCUT2D eigenvalue weighted by Gasteiger charge is -2.14. The van der Waals surface area contributed by atoms with Crippen molar-refractivity contribution in [2.45, 2.75) is 26.4 Å². The predicted octanol–water partition coefficient (Wildman–Crippen LogP) is 3.24. The highest BCUT2D eigenvalue weighted by atomic mass is 35.5. The topological polar surface area (TPSA) is 35.2 Å². The Morgan fingerprint density at radius 1 is 1.57 bits per heavy atom. The van der Waals surface area contributed by atoms with E-state index in [1.165, 1.54) is 6.07 Å². The Bertz CT molecular complexity index is 330. The molecule has 2 N–H and O–H groups in total. The fourth-order valence-corrected chi connectivity index (χ4v) is 1.13. The first-order chi connectivity index (χ1) is 6.54. The van der Waals surface area contributed by atoms with Crippen molar-refractivity contribution in [3.8, 4) is 5.75 Å². The van der Waals surface area contributed by atoms with Crippen molar-refractivity contribution in [2.24, 2.45) is 0 Å². The molecular weight excluding hydrogens is 205 g/mol. The minimum absolute atomic E-state index is 0.0392. The second-order valence-electron chi connectivity index (χ2n) is 3.14. The van der Waals surface area contributed by atoms with Crippen LogP contribution < -0.4 is 10.5 Å². The molecule has 0 spiro atoms. The Balaban J connectivity index is 2.92. The van der Waals surface area contributed by atoms with Crippen LogP contribution in [-0.4, -0.2) is 6.10 Å². The first-order valence-corrected chi connectivity index (χ1v) is 4.83. The predicted molar refractivity (Wildman–Crippen MR) is 56.2 cm³/mol. The van der Waals surface area contributed by atoms with E-state index in [9.17, 15) is 4.39 Å². The summed E-state index contributed by atoms with van der Waals surface area (Å²) in [5.41, 5.74) is 5.44. The lowest BCUT2D eigenvalue weighted by Crippen LogP contribution is -2.10. The summed E-state index contributed by atoms with van der Waals surface area (Å²) < 4.78 is 18.4. The van der Waals surface area contributed by atoms with Crippen LogP contribution in [0.2, 0.25) is 5.02 Å². The number of ether oxygens (including phenoxy) is 1. The summed E-state index contributed by atoms with van der Waals surface area (Å²) >= 11 is 5.78. The molecule has 14 heavy (non-hydrogen) atoms. The van der Waals surface area contributed by atoms with Gasteiger partial charge in [-0.25, -0.2) is 4.39 Å². The molecule has 0 heterocycles. The van der Waals surface area contributed by atoms with Gasteiger partial charge in [-0.05, 0) is 19.4 Å². The number of anilines is 1. The Hall–Kier alpha value is -0.960. The van der Waals surface area contributed by atoms with Crippen LogP contribution >= 0.6 is 11.6 Å². The fraction of sp³-hybridized carbons (Fsp3) is 0.400. The van der Waals surface area contributed by atoms with Crippen molar-refractivity contribution in [1.82, 2.24) is 0 Å². The molecule has 0 saturated carbocycles. The number of nitrogens with two attached hydrogens (primary N) is 1. The lowest BCUT2D eigenvalue weighted by atomic mass is 10.2. The first-order valence-electron chi connectivity index (χ1n) is 4.45. The molecule has 0 amide bonds. The van der Waals surface area contributed by atoms with Gasteiger partial charge in [0, 0.05) is 6.07 Å². The van der Waals surface area contributed by atoms with E-state index < -0.39 is 5.82 Å². The smallest absolute Gasteiger partial charge is 0.147 e. The van der Waals surface area contributed by atoms with Crippen LogP contribution in [0.15, 0.2) is 12.1 Å². The van der Waals surface area contributed by atoms with Crippen molar-refractivity contribution < 1.29 is 9.13 Å². The van der Waals surface area contributed by atoms with E-state index in [-0.39, 0.29) is 16.8 Å². The first kappa shape index (κ1) is 11.1. The van der Waals surface area contributed by atoms with Gasteiger partial charge >= 0.3 is 0 Å². The maximum atomic E-state index is 12.9. The third-order valence-corrected chi connectivity index (χ3v) is 2.25. The zero-order chi connectivity index (χ0) is 10.7. The Morgan fingerprint density at radius 3 is 2.79 bits per heavy atom. The SMILES string of the molecule is CCC(C)Oc1cc(N)c(F)cc1Cl. The number of rotatable bonds is 3. The molecule has 1 atom stereocenters. The molecule has 1 unspecified atom stereocenters. The third kappa shape index (κ3) is 2.51. The van der Waals surface area contributed by atoms with Gasteiger partial charge < -0.3 is 10.5 Å². The van der Waals surface area contributed by atoms with Gasteiger partial charge in [-0.3, -0.25) is 0 Å². The van der Waals surface area contributed by atoms with Gasteiger partial charge in [0.05, 0.1) is 16.8 Å². The number of nitrogen functional groups attached to an aromatic ring is 1. The summed E-state index contributed by atoms with van der Waals surface area (Å²) in [6.07, 6.45) is 0.894. The molecule has 1 aromatic rings. The van der Waals surface area contributed by atoms with E-state index in [2.05, 4.69) is 0 Å². The van der Waals surface area contributed by atoms with Gasteiger partial charge in [0.1, 0.15) is 11.6 Å². The number of hydrogen-bond acceptors (Lipinski definition) is 2. The summed E-state index contributed by atoms with van der Waals surface area (Å²) in [5, 5.41) is 0.247. The van der Waals surface area contributed by atoms with Crippen LogP contribution in [0, 0.1) is 5.82 Å². The molecule has 0 aliphatic carbocycles. The molecule has 0 radical (unpaired) electrons. The number of benzene rings is 1. The van der Waals surface area contributed by atoms with Crippen LogP contribution in [0.4, 0.5) is 10.1 Å². The maximum Gasteiger partial charge on any atom is 0.147 e. The average Bonchev–Trinajstić information content (AvgIpc) is 2.14. The Kier molecular flexibility index (Phi) is 3.58. The Morgan fingerprint density at radius 2 is 2.21 bits per heavy atom. The van der Waals surface area contributed by atoms with E-state index >= 15 is 0 Å². The van der Waals surface area contributed by atoms with Gasteiger partial charge in [0.25, 0.3) is 0 Å². The monoisotopic (exact) mass is 217 g/mol. The summed E-state index contributed by atoms with van der Waals surface area (Å²) in [6, 6.07) is 2.57. The van der Waals surface area contributed by atoms with Gasteiger partial charge in [0.2, 0.25) is 0 Å². The molecule has 2 nitrogen and oxygen atoms in total. The minimum atomic E-state index is -0.522. The van der Waals surface area contributed by atoms with Crippen molar-refractivity contribution >= 4 is 17.3 Å². The molecule has 1 rings (SSSR count). The van der Waals surface area contributed by atoms with Crippen LogP contribution in [0.3, 0.4) is 0 Å². The summed E-state index contributed by atoms with van der Waals surface area (Å²) in [5.74, 6) is -0.0913. The molecule has 0 aliphatic heterocycles. The van der Waals surface area contributed by atoms with E-state index in [0.717, 1.165) is 12.5 Å². The second kappa shape index (κ2) is 4.51. The van der Waals surface area contributed by atoms with Gasteiger partial charge in [0.15, 0.2) is 0 Å². The van der Waals surface area contributed by atoms with E-state index in [1.54, 1.807) is 0 Å². The van der Waals surface area contributed by atoms with Crippen molar-refractivity contribution in [3.05, 3.63) is 23.0 Å². The highest BCUT2D eigenvalue weighted by molar-refractivity contribution is 6.32. The third-order valence-electron chi connectivity index (χ3n) is 1.95. The molecule has 78 valence electrons. The summed E-state index contributed by atoms with van der Waals surface area (Å²) in [7, 11) is 0. The number of hydrogen-bond donors (Lipinski definition) is 1. The highest BCUT2D eigenvalue weighted by Gasteiger charge is 2.09. The van der Waals surface area contributed by atoms with E-state index in [4.69, 9.17) is 22.1 Å². The normalized spacial score (nSPS) is 12.6. The maximum absolute atomic E-state index is 12.9. The summed E-state index contributed by atoms with van der Waals surface area (Å²) in [4.78, 5) is 0. The quantitative estimate of drug-likeness (QED) is 0.789. The average molecular weight is 218 g/mol. The van der Waals surface area contributed by atoms with E-state index in [0.29, 0.717) is 5.75 Å². The zero-order valence-electron chi connectivity index (χ0n) is 8.18.